The van der Waals surface area contributed by atoms with E-state index in [0.717, 1.165) is 5.69 Å². The molecular weight excluding hydrogens is 160 g/mol. The maximum absolute atomic E-state index is 5.64. The predicted molar refractivity (Wildman–Crippen MR) is 58.7 cm³/mol. The van der Waals surface area contributed by atoms with E-state index in [4.69, 9.17) is 5.73 Å². The highest BCUT2D eigenvalue weighted by molar-refractivity contribution is 5.82. The fourth-order valence-electron chi connectivity index (χ4n) is 1.28. The van der Waals surface area contributed by atoms with Crippen LogP contribution in [-0.2, 0) is 7.05 Å². The molecule has 0 radical (unpaired) electrons. The van der Waals surface area contributed by atoms with Crippen molar-refractivity contribution < 1.29 is 0 Å². The van der Waals surface area contributed by atoms with E-state index in [1.807, 2.05) is 45.3 Å². The fraction of sp³-hybridized carbons (Fsp3) is 0.273. The summed E-state index contributed by atoms with van der Waals surface area (Å²) in [6.07, 6.45) is 2.03. The Balaban J connectivity index is 0.000000396. The summed E-state index contributed by atoms with van der Waals surface area (Å²) in [5.41, 5.74) is 7.64. The third-order valence-corrected chi connectivity index (χ3v) is 1.91. The number of hydrogen-bond acceptors (Lipinski definition) is 1. The summed E-state index contributed by atoms with van der Waals surface area (Å²) in [5.74, 6) is 0. The summed E-state index contributed by atoms with van der Waals surface area (Å²) in [5, 5.41) is 1.24. The van der Waals surface area contributed by atoms with E-state index in [0.29, 0.717) is 0 Å². The van der Waals surface area contributed by atoms with Gasteiger partial charge in [-0.3, -0.25) is 0 Å². The van der Waals surface area contributed by atoms with Crippen LogP contribution in [0.3, 0.4) is 0 Å². The molecule has 0 unspecified atom stereocenters. The molecule has 70 valence electrons. The first-order chi connectivity index (χ1) is 6.27. The summed E-state index contributed by atoms with van der Waals surface area (Å²) in [6.45, 7) is 4.00. The van der Waals surface area contributed by atoms with Crippen molar-refractivity contribution in [3.63, 3.8) is 0 Å². The van der Waals surface area contributed by atoms with Crippen molar-refractivity contribution in [2.75, 3.05) is 5.73 Å². The number of benzene rings is 1. The SMILES string of the molecule is CC.Cn1ccc2ccc(N)cc21. The first-order valence-corrected chi connectivity index (χ1v) is 4.58. The number of nitrogen functional groups attached to an aromatic ring is 1. The second-order valence-electron chi connectivity index (χ2n) is 2.74. The Morgan fingerprint density at radius 3 is 2.54 bits per heavy atom. The number of anilines is 1. The molecule has 0 aliphatic rings. The molecule has 2 aromatic rings. The Labute approximate surface area is 79.0 Å². The van der Waals surface area contributed by atoms with Crippen molar-refractivity contribution in [3.8, 4) is 0 Å². The Kier molecular flexibility index (Phi) is 2.96. The highest BCUT2D eigenvalue weighted by Gasteiger charge is 1.95. The van der Waals surface area contributed by atoms with Crippen molar-refractivity contribution in [1.82, 2.24) is 4.57 Å². The van der Waals surface area contributed by atoms with Gasteiger partial charge in [0.2, 0.25) is 0 Å². The van der Waals surface area contributed by atoms with Gasteiger partial charge in [0.05, 0.1) is 0 Å². The molecule has 0 saturated carbocycles. The van der Waals surface area contributed by atoms with Crippen LogP contribution in [0.15, 0.2) is 30.5 Å². The Bertz CT molecular complexity index is 388. The highest BCUT2D eigenvalue weighted by Crippen LogP contribution is 2.17. The lowest BCUT2D eigenvalue weighted by Gasteiger charge is -1.96. The summed E-state index contributed by atoms with van der Waals surface area (Å²) in [4.78, 5) is 0. The topological polar surface area (TPSA) is 30.9 Å². The van der Waals surface area contributed by atoms with Crippen LogP contribution in [0.2, 0.25) is 0 Å². The van der Waals surface area contributed by atoms with Crippen molar-refractivity contribution >= 4 is 16.6 Å². The number of aromatic nitrogens is 1. The van der Waals surface area contributed by atoms with E-state index in [9.17, 15) is 0 Å². The fourth-order valence-corrected chi connectivity index (χ4v) is 1.28. The van der Waals surface area contributed by atoms with Crippen molar-refractivity contribution in [1.29, 1.82) is 0 Å². The molecule has 0 saturated heterocycles. The second-order valence-corrected chi connectivity index (χ2v) is 2.74. The molecule has 2 rings (SSSR count). The Morgan fingerprint density at radius 1 is 1.15 bits per heavy atom. The van der Waals surface area contributed by atoms with Crippen LogP contribution in [0.4, 0.5) is 5.69 Å². The molecule has 0 bridgehead atoms. The number of hydrogen-bond donors (Lipinski definition) is 1. The summed E-state index contributed by atoms with van der Waals surface area (Å²) < 4.78 is 2.06. The largest absolute Gasteiger partial charge is 0.399 e. The van der Waals surface area contributed by atoms with Gasteiger partial charge in [0, 0.05) is 24.4 Å². The highest BCUT2D eigenvalue weighted by atomic mass is 14.9. The zero-order valence-electron chi connectivity index (χ0n) is 8.41. The van der Waals surface area contributed by atoms with Crippen LogP contribution in [0, 0.1) is 0 Å². The van der Waals surface area contributed by atoms with Gasteiger partial charge in [0.1, 0.15) is 0 Å². The molecule has 0 aliphatic carbocycles. The van der Waals surface area contributed by atoms with Gasteiger partial charge in [-0.1, -0.05) is 19.9 Å². The second kappa shape index (κ2) is 3.99. The molecule has 0 amide bonds. The third-order valence-electron chi connectivity index (χ3n) is 1.91. The number of nitrogens with zero attached hydrogens (tertiary/aromatic N) is 1. The molecule has 13 heavy (non-hydrogen) atoms. The molecule has 0 aliphatic heterocycles. The smallest absolute Gasteiger partial charge is 0.0498 e. The van der Waals surface area contributed by atoms with E-state index < -0.39 is 0 Å². The standard InChI is InChI=1S/C9H10N2.C2H6/c1-11-5-4-7-2-3-8(10)6-9(7)11;1-2/h2-6H,10H2,1H3;1-2H3. The van der Waals surface area contributed by atoms with Crippen LogP contribution in [0.5, 0.6) is 0 Å². The van der Waals surface area contributed by atoms with Crippen LogP contribution in [0.25, 0.3) is 10.9 Å². The van der Waals surface area contributed by atoms with Gasteiger partial charge in [0.15, 0.2) is 0 Å². The van der Waals surface area contributed by atoms with Crippen LogP contribution < -0.4 is 5.73 Å². The lowest BCUT2D eigenvalue weighted by Crippen LogP contribution is -1.87. The van der Waals surface area contributed by atoms with Gasteiger partial charge in [-0.15, -0.1) is 0 Å². The van der Waals surface area contributed by atoms with Gasteiger partial charge in [0.25, 0.3) is 0 Å². The monoisotopic (exact) mass is 176 g/mol. The third kappa shape index (κ3) is 1.83. The number of rotatable bonds is 0. The zero-order chi connectivity index (χ0) is 9.84. The average molecular weight is 176 g/mol. The summed E-state index contributed by atoms with van der Waals surface area (Å²) in [7, 11) is 2.02. The molecule has 2 heteroatoms. The molecule has 1 aromatic carbocycles. The zero-order valence-corrected chi connectivity index (χ0v) is 8.41. The van der Waals surface area contributed by atoms with Crippen molar-refractivity contribution in [2.24, 2.45) is 7.05 Å². The van der Waals surface area contributed by atoms with Gasteiger partial charge in [-0.05, 0) is 23.6 Å². The Morgan fingerprint density at radius 2 is 1.85 bits per heavy atom. The maximum atomic E-state index is 5.64. The quantitative estimate of drug-likeness (QED) is 0.615. The molecule has 0 fully saturated rings. The molecule has 1 aromatic heterocycles. The first kappa shape index (κ1) is 9.65. The molecule has 1 heterocycles. The predicted octanol–water partition coefficient (Wildman–Crippen LogP) is 2.79. The van der Waals surface area contributed by atoms with Gasteiger partial charge < -0.3 is 10.3 Å². The van der Waals surface area contributed by atoms with E-state index in [-0.39, 0.29) is 0 Å². The van der Waals surface area contributed by atoms with E-state index in [2.05, 4.69) is 10.6 Å². The van der Waals surface area contributed by atoms with Gasteiger partial charge >= 0.3 is 0 Å². The van der Waals surface area contributed by atoms with Gasteiger partial charge in [-0.25, -0.2) is 0 Å². The summed E-state index contributed by atoms with van der Waals surface area (Å²) in [6, 6.07) is 8.01. The lowest BCUT2D eigenvalue weighted by molar-refractivity contribution is 0.969. The van der Waals surface area contributed by atoms with Crippen molar-refractivity contribution in [3.05, 3.63) is 30.5 Å². The van der Waals surface area contributed by atoms with Gasteiger partial charge in [-0.2, -0.15) is 0 Å². The average Bonchev–Trinajstić information content (AvgIpc) is 2.52. The Hall–Kier alpha value is -1.44. The molecular formula is C11H16N2. The minimum Gasteiger partial charge on any atom is -0.399 e. The van der Waals surface area contributed by atoms with E-state index in [1.165, 1.54) is 10.9 Å². The van der Waals surface area contributed by atoms with E-state index in [1.54, 1.807) is 0 Å². The summed E-state index contributed by atoms with van der Waals surface area (Å²) >= 11 is 0. The van der Waals surface area contributed by atoms with Crippen LogP contribution in [0.1, 0.15) is 13.8 Å². The number of aryl methyl sites for hydroxylation is 1. The van der Waals surface area contributed by atoms with E-state index >= 15 is 0 Å². The molecule has 2 nitrogen and oxygen atoms in total. The minimum atomic E-state index is 0.819. The molecule has 2 N–H and O–H groups in total. The molecule has 0 atom stereocenters. The van der Waals surface area contributed by atoms with Crippen LogP contribution in [-0.4, -0.2) is 4.57 Å². The lowest BCUT2D eigenvalue weighted by atomic mass is 10.2. The minimum absolute atomic E-state index is 0.819. The van der Waals surface area contributed by atoms with Crippen molar-refractivity contribution in [2.45, 2.75) is 13.8 Å². The maximum Gasteiger partial charge on any atom is 0.0498 e. The number of fused-ring (bicyclic) bond motifs is 1. The molecule has 0 spiro atoms. The first-order valence-electron chi connectivity index (χ1n) is 4.58. The number of nitrogens with two attached hydrogens (primary N) is 1. The van der Waals surface area contributed by atoms with Crippen LogP contribution >= 0.6 is 0 Å². The normalized spacial score (nSPS) is 9.46.